The summed E-state index contributed by atoms with van der Waals surface area (Å²) in [6.07, 6.45) is 0. The molecule has 1 rings (SSSR count). The number of hydrogen-bond acceptors (Lipinski definition) is 3. The molecule has 1 amide bonds. The van der Waals surface area contributed by atoms with Gasteiger partial charge in [0.1, 0.15) is 5.82 Å². The van der Waals surface area contributed by atoms with Crippen molar-refractivity contribution in [2.24, 2.45) is 16.8 Å². The molecule has 0 fully saturated rings. The number of halogens is 2. The minimum atomic E-state index is -0.866. The van der Waals surface area contributed by atoms with Crippen LogP contribution < -0.4 is 11.1 Å². The fraction of sp³-hybridized carbons (Fsp3) is 0.200. The fourth-order valence-corrected chi connectivity index (χ4v) is 1.21. The molecule has 0 spiro atoms. The average Bonchev–Trinajstić information content (AvgIpc) is 2.30. The Kier molecular flexibility index (Phi) is 4.28. The maximum atomic E-state index is 13.3. The molecule has 1 atom stereocenters. The second-order valence-corrected chi connectivity index (χ2v) is 3.80. The summed E-state index contributed by atoms with van der Waals surface area (Å²) >= 11 is 5.56. The highest BCUT2D eigenvalue weighted by Gasteiger charge is 2.18. The summed E-state index contributed by atoms with van der Waals surface area (Å²) in [4.78, 5) is 11.6. The van der Waals surface area contributed by atoms with Crippen LogP contribution in [0.4, 0.5) is 10.1 Å². The Morgan fingerprint density at radius 2 is 2.29 bits per heavy atom. The molecule has 0 saturated heterocycles. The topological polar surface area (TPSA) is 87.7 Å². The van der Waals surface area contributed by atoms with Crippen LogP contribution in [0, 0.1) is 11.7 Å². The van der Waals surface area contributed by atoms with Gasteiger partial charge in [-0.25, -0.2) is 4.39 Å². The van der Waals surface area contributed by atoms with Crippen LogP contribution >= 0.6 is 11.6 Å². The zero-order valence-electron chi connectivity index (χ0n) is 8.95. The average molecular weight is 260 g/mol. The second-order valence-electron chi connectivity index (χ2n) is 3.36. The molecule has 0 aliphatic carbocycles. The number of hydrogen-bond donors (Lipinski definition) is 3. The molecule has 7 heteroatoms. The molecule has 17 heavy (non-hydrogen) atoms. The van der Waals surface area contributed by atoms with Crippen LogP contribution in [0.25, 0.3) is 0 Å². The summed E-state index contributed by atoms with van der Waals surface area (Å²) in [7, 11) is 0. The van der Waals surface area contributed by atoms with Crippen LogP contribution in [0.3, 0.4) is 0 Å². The number of amidine groups is 1. The predicted octanol–water partition coefficient (Wildman–Crippen LogP) is 1.80. The molecular weight excluding hydrogens is 249 g/mol. The smallest absolute Gasteiger partial charge is 0.235 e. The first kappa shape index (κ1) is 13.2. The van der Waals surface area contributed by atoms with Crippen molar-refractivity contribution in [3.05, 3.63) is 29.0 Å². The van der Waals surface area contributed by atoms with E-state index < -0.39 is 17.6 Å². The third kappa shape index (κ3) is 3.32. The summed E-state index contributed by atoms with van der Waals surface area (Å²) in [6.45, 7) is 1.43. The number of anilines is 1. The van der Waals surface area contributed by atoms with E-state index >= 15 is 0 Å². The summed E-state index contributed by atoms with van der Waals surface area (Å²) in [5.41, 5.74) is 5.24. The summed E-state index contributed by atoms with van der Waals surface area (Å²) < 4.78 is 13.3. The van der Waals surface area contributed by atoms with Gasteiger partial charge in [-0.3, -0.25) is 4.79 Å². The summed E-state index contributed by atoms with van der Waals surface area (Å²) in [5.74, 6) is -2.36. The zero-order chi connectivity index (χ0) is 13.0. The highest BCUT2D eigenvalue weighted by Crippen LogP contribution is 2.19. The van der Waals surface area contributed by atoms with Crippen molar-refractivity contribution in [2.75, 3.05) is 5.32 Å². The van der Waals surface area contributed by atoms with Crippen molar-refractivity contribution in [2.45, 2.75) is 6.92 Å². The highest BCUT2D eigenvalue weighted by molar-refractivity contribution is 6.30. The van der Waals surface area contributed by atoms with Crippen molar-refractivity contribution in [3.63, 3.8) is 0 Å². The molecule has 0 heterocycles. The molecule has 1 aromatic rings. The lowest BCUT2D eigenvalue weighted by Gasteiger charge is -2.11. The van der Waals surface area contributed by atoms with Crippen molar-refractivity contribution in [1.29, 1.82) is 0 Å². The summed E-state index contributed by atoms with van der Waals surface area (Å²) in [5, 5.41) is 13.6. The number of rotatable bonds is 3. The van der Waals surface area contributed by atoms with Gasteiger partial charge in [-0.2, -0.15) is 0 Å². The number of carbonyl (C=O) groups is 1. The van der Waals surface area contributed by atoms with Gasteiger partial charge in [0, 0.05) is 5.02 Å². The first-order valence-electron chi connectivity index (χ1n) is 4.69. The normalized spacial score (nSPS) is 13.2. The van der Waals surface area contributed by atoms with Crippen molar-refractivity contribution < 1.29 is 14.4 Å². The van der Waals surface area contributed by atoms with Crippen LogP contribution in [0.2, 0.25) is 5.02 Å². The van der Waals surface area contributed by atoms with Crippen LogP contribution in [-0.4, -0.2) is 17.0 Å². The molecule has 92 valence electrons. The Morgan fingerprint density at radius 3 is 2.82 bits per heavy atom. The lowest BCUT2D eigenvalue weighted by molar-refractivity contribution is -0.117. The largest absolute Gasteiger partial charge is 0.409 e. The highest BCUT2D eigenvalue weighted by atomic mass is 35.5. The molecule has 0 radical (unpaired) electrons. The molecule has 0 aliphatic rings. The number of nitrogens with one attached hydrogen (secondary N) is 1. The number of amides is 1. The van der Waals surface area contributed by atoms with Crippen LogP contribution in [0.15, 0.2) is 23.4 Å². The van der Waals surface area contributed by atoms with E-state index in [0.29, 0.717) is 0 Å². The van der Waals surface area contributed by atoms with Crippen molar-refractivity contribution in [3.8, 4) is 0 Å². The molecular formula is C10H11ClFN3O2. The van der Waals surface area contributed by atoms with E-state index in [1.165, 1.54) is 19.1 Å². The van der Waals surface area contributed by atoms with E-state index in [4.69, 9.17) is 22.5 Å². The van der Waals surface area contributed by atoms with E-state index in [-0.39, 0.29) is 16.5 Å². The zero-order valence-corrected chi connectivity index (χ0v) is 9.70. The Labute approximate surface area is 102 Å². The third-order valence-corrected chi connectivity index (χ3v) is 2.38. The quantitative estimate of drug-likeness (QED) is 0.335. The van der Waals surface area contributed by atoms with Gasteiger partial charge in [0.2, 0.25) is 5.91 Å². The SMILES string of the molecule is CC(C(=O)Nc1ccc(Cl)cc1F)C(N)=NO. The summed E-state index contributed by atoms with van der Waals surface area (Å²) in [6, 6.07) is 3.84. The monoisotopic (exact) mass is 259 g/mol. The van der Waals surface area contributed by atoms with Gasteiger partial charge in [-0.05, 0) is 25.1 Å². The van der Waals surface area contributed by atoms with Gasteiger partial charge >= 0.3 is 0 Å². The predicted molar refractivity (Wildman–Crippen MR) is 62.6 cm³/mol. The van der Waals surface area contributed by atoms with Gasteiger partial charge in [-0.15, -0.1) is 0 Å². The van der Waals surface area contributed by atoms with Gasteiger partial charge in [0.25, 0.3) is 0 Å². The van der Waals surface area contributed by atoms with Gasteiger partial charge in [0.15, 0.2) is 5.84 Å². The Morgan fingerprint density at radius 1 is 1.65 bits per heavy atom. The van der Waals surface area contributed by atoms with E-state index in [0.717, 1.165) is 6.07 Å². The fourth-order valence-electron chi connectivity index (χ4n) is 1.05. The molecule has 0 aromatic heterocycles. The van der Waals surface area contributed by atoms with Gasteiger partial charge in [0.05, 0.1) is 11.6 Å². The van der Waals surface area contributed by atoms with Crippen molar-refractivity contribution >= 4 is 29.0 Å². The van der Waals surface area contributed by atoms with Crippen LogP contribution in [0.1, 0.15) is 6.92 Å². The van der Waals surface area contributed by atoms with E-state index in [1.54, 1.807) is 0 Å². The second kappa shape index (κ2) is 5.49. The maximum Gasteiger partial charge on any atom is 0.235 e. The number of carbonyl (C=O) groups excluding carboxylic acids is 1. The first-order chi connectivity index (χ1) is 7.95. The number of benzene rings is 1. The molecule has 5 nitrogen and oxygen atoms in total. The molecule has 0 bridgehead atoms. The third-order valence-electron chi connectivity index (χ3n) is 2.14. The molecule has 1 unspecified atom stereocenters. The number of oxime groups is 1. The minimum Gasteiger partial charge on any atom is -0.409 e. The molecule has 1 aromatic carbocycles. The minimum absolute atomic E-state index is 0.0167. The molecule has 0 aliphatic heterocycles. The molecule has 0 saturated carbocycles. The molecule has 4 N–H and O–H groups in total. The number of nitrogens with two attached hydrogens (primary N) is 1. The Bertz CT molecular complexity index is 465. The maximum absolute atomic E-state index is 13.3. The Hall–Kier alpha value is -1.82. The lowest BCUT2D eigenvalue weighted by Crippen LogP contribution is -2.32. The van der Waals surface area contributed by atoms with Crippen molar-refractivity contribution in [1.82, 2.24) is 0 Å². The van der Waals surface area contributed by atoms with Crippen LogP contribution in [-0.2, 0) is 4.79 Å². The lowest BCUT2D eigenvalue weighted by atomic mass is 10.1. The standard InChI is InChI=1S/C10H11ClFN3O2/c1-5(9(13)15-17)10(16)14-8-3-2-6(11)4-7(8)12/h2-5,17H,1H3,(H2,13,15)(H,14,16). The Balaban J connectivity index is 2.81. The number of nitrogens with zero attached hydrogens (tertiary/aromatic N) is 1. The van der Waals surface area contributed by atoms with Gasteiger partial charge < -0.3 is 16.3 Å². The van der Waals surface area contributed by atoms with E-state index in [1.807, 2.05) is 0 Å². The van der Waals surface area contributed by atoms with E-state index in [2.05, 4.69) is 10.5 Å². The first-order valence-corrected chi connectivity index (χ1v) is 5.07. The van der Waals surface area contributed by atoms with Crippen LogP contribution in [0.5, 0.6) is 0 Å². The van der Waals surface area contributed by atoms with Gasteiger partial charge in [-0.1, -0.05) is 16.8 Å². The van der Waals surface area contributed by atoms with E-state index in [9.17, 15) is 9.18 Å².